The van der Waals surface area contributed by atoms with Gasteiger partial charge in [-0.3, -0.25) is 4.79 Å². The summed E-state index contributed by atoms with van der Waals surface area (Å²) in [5.41, 5.74) is 0.362. The molecule has 2 nitrogen and oxygen atoms in total. The Morgan fingerprint density at radius 3 is 2.32 bits per heavy atom. The molecule has 1 saturated carbocycles. The van der Waals surface area contributed by atoms with Crippen molar-refractivity contribution in [2.24, 2.45) is 0 Å². The van der Waals surface area contributed by atoms with Crippen LogP contribution in [0.5, 0.6) is 0 Å². The van der Waals surface area contributed by atoms with Crippen LogP contribution in [0.2, 0.25) is 0 Å². The van der Waals surface area contributed by atoms with Gasteiger partial charge in [0.2, 0.25) is 6.41 Å². The fourth-order valence-electron chi connectivity index (χ4n) is 3.44. The highest BCUT2D eigenvalue weighted by Gasteiger charge is 2.42. The highest BCUT2D eigenvalue weighted by Crippen LogP contribution is 2.45. The van der Waals surface area contributed by atoms with Crippen molar-refractivity contribution in [3.8, 4) is 0 Å². The van der Waals surface area contributed by atoms with Gasteiger partial charge in [0, 0.05) is 6.07 Å². The first-order valence-electron chi connectivity index (χ1n) is 7.42. The van der Waals surface area contributed by atoms with E-state index >= 15 is 0 Å². The number of nitrogens with zero attached hydrogens (tertiary/aromatic N) is 1. The highest BCUT2D eigenvalue weighted by atomic mass is 19.1. The third-order valence-corrected chi connectivity index (χ3v) is 4.48. The van der Waals surface area contributed by atoms with Crippen molar-refractivity contribution in [3.05, 3.63) is 65.7 Å². The largest absolute Gasteiger partial charge is 0.302 e. The van der Waals surface area contributed by atoms with E-state index in [0.29, 0.717) is 6.41 Å². The quantitative estimate of drug-likeness (QED) is 0.767. The lowest BCUT2D eigenvalue weighted by molar-refractivity contribution is -0.108. The predicted octanol–water partition coefficient (Wildman–Crippen LogP) is 4.40. The lowest BCUT2D eigenvalue weighted by atomic mass is 9.86. The van der Waals surface area contributed by atoms with Crippen LogP contribution in [0.3, 0.4) is 0 Å². The van der Waals surface area contributed by atoms with Crippen molar-refractivity contribution >= 4 is 12.1 Å². The first-order valence-corrected chi connectivity index (χ1v) is 7.42. The molecule has 0 N–H and O–H groups in total. The Morgan fingerprint density at radius 2 is 1.68 bits per heavy atom. The second kappa shape index (κ2) is 5.87. The molecule has 0 spiro atoms. The molecular formula is C18H17F2NO. The molecule has 2 aromatic carbocycles. The Labute approximate surface area is 128 Å². The zero-order valence-corrected chi connectivity index (χ0v) is 12.1. The van der Waals surface area contributed by atoms with Gasteiger partial charge >= 0.3 is 0 Å². The van der Waals surface area contributed by atoms with Crippen molar-refractivity contribution in [2.75, 3.05) is 4.90 Å². The number of amides is 1. The molecule has 22 heavy (non-hydrogen) atoms. The van der Waals surface area contributed by atoms with Gasteiger partial charge in [0.15, 0.2) is 0 Å². The van der Waals surface area contributed by atoms with E-state index in [1.807, 2.05) is 30.3 Å². The minimum atomic E-state index is -0.600. The van der Waals surface area contributed by atoms with Crippen LogP contribution in [-0.2, 0) is 10.3 Å². The van der Waals surface area contributed by atoms with E-state index in [0.717, 1.165) is 49.4 Å². The Balaban J connectivity index is 2.14. The van der Waals surface area contributed by atoms with Crippen molar-refractivity contribution in [2.45, 2.75) is 31.2 Å². The van der Waals surface area contributed by atoms with E-state index in [1.165, 1.54) is 4.90 Å². The number of benzene rings is 2. The van der Waals surface area contributed by atoms with Gasteiger partial charge in [-0.05, 0) is 30.5 Å². The average molecular weight is 301 g/mol. The molecule has 0 radical (unpaired) electrons. The molecule has 1 aliphatic rings. The Kier molecular flexibility index (Phi) is 3.92. The van der Waals surface area contributed by atoms with Crippen LogP contribution in [0.15, 0.2) is 48.5 Å². The lowest BCUT2D eigenvalue weighted by Gasteiger charge is -2.39. The van der Waals surface area contributed by atoms with Gasteiger partial charge in [-0.25, -0.2) is 8.78 Å². The van der Waals surface area contributed by atoms with Crippen LogP contribution in [0.25, 0.3) is 0 Å². The number of halogens is 2. The number of hydrogen-bond acceptors (Lipinski definition) is 1. The van der Waals surface area contributed by atoms with Gasteiger partial charge in [-0.1, -0.05) is 43.2 Å². The average Bonchev–Trinajstić information content (AvgIpc) is 3.03. The van der Waals surface area contributed by atoms with Crippen LogP contribution in [0, 0.1) is 11.6 Å². The van der Waals surface area contributed by atoms with Gasteiger partial charge in [0.25, 0.3) is 0 Å². The summed E-state index contributed by atoms with van der Waals surface area (Å²) < 4.78 is 27.7. The zero-order valence-electron chi connectivity index (χ0n) is 12.1. The second-order valence-corrected chi connectivity index (χ2v) is 5.68. The summed E-state index contributed by atoms with van der Waals surface area (Å²) in [6, 6.07) is 12.8. The molecule has 1 fully saturated rings. The third-order valence-electron chi connectivity index (χ3n) is 4.48. The predicted molar refractivity (Wildman–Crippen MR) is 81.5 cm³/mol. The Bertz CT molecular complexity index is 666. The van der Waals surface area contributed by atoms with E-state index < -0.39 is 17.2 Å². The second-order valence-electron chi connectivity index (χ2n) is 5.68. The normalized spacial score (nSPS) is 16.5. The first kappa shape index (κ1) is 14.7. The van der Waals surface area contributed by atoms with Crippen molar-refractivity contribution in [1.29, 1.82) is 0 Å². The standard InChI is InChI=1S/C18H17F2NO/c19-15-8-9-16(20)17(12-15)21(13-22)18(10-4-5-11-18)14-6-2-1-3-7-14/h1-3,6-9,12-13H,4-5,10-11H2. The zero-order chi connectivity index (χ0) is 15.6. The van der Waals surface area contributed by atoms with E-state index in [1.54, 1.807) is 0 Å². The molecule has 0 bridgehead atoms. The van der Waals surface area contributed by atoms with E-state index in [4.69, 9.17) is 0 Å². The number of rotatable bonds is 4. The number of hydrogen-bond donors (Lipinski definition) is 0. The van der Waals surface area contributed by atoms with Gasteiger partial charge in [-0.2, -0.15) is 0 Å². The maximum absolute atomic E-state index is 14.2. The topological polar surface area (TPSA) is 20.3 Å². The lowest BCUT2D eigenvalue weighted by Crippen LogP contribution is -2.44. The van der Waals surface area contributed by atoms with Crippen LogP contribution in [-0.4, -0.2) is 6.41 Å². The molecule has 0 aliphatic heterocycles. The monoisotopic (exact) mass is 301 g/mol. The maximum Gasteiger partial charge on any atom is 0.215 e. The van der Waals surface area contributed by atoms with E-state index in [-0.39, 0.29) is 5.69 Å². The molecule has 4 heteroatoms. The molecule has 3 rings (SSSR count). The number of carbonyl (C=O) groups is 1. The molecule has 0 saturated heterocycles. The smallest absolute Gasteiger partial charge is 0.215 e. The summed E-state index contributed by atoms with van der Waals surface area (Å²) >= 11 is 0. The molecule has 2 aromatic rings. The molecule has 0 heterocycles. The van der Waals surface area contributed by atoms with Crippen LogP contribution in [0.4, 0.5) is 14.5 Å². The molecule has 0 unspecified atom stereocenters. The third kappa shape index (κ3) is 2.39. The minimum absolute atomic E-state index is 0.000697. The fraction of sp³-hybridized carbons (Fsp3) is 0.278. The summed E-state index contributed by atoms with van der Waals surface area (Å²) in [6.07, 6.45) is 4.01. The Morgan fingerprint density at radius 1 is 1.00 bits per heavy atom. The van der Waals surface area contributed by atoms with Crippen LogP contribution in [0.1, 0.15) is 31.2 Å². The summed E-state index contributed by atoms with van der Waals surface area (Å²) in [5, 5.41) is 0. The molecule has 0 aromatic heterocycles. The summed E-state index contributed by atoms with van der Waals surface area (Å²) in [7, 11) is 0. The number of carbonyl (C=O) groups excluding carboxylic acids is 1. The van der Waals surface area contributed by atoms with Gasteiger partial charge < -0.3 is 4.90 Å². The summed E-state index contributed by atoms with van der Waals surface area (Å²) in [5.74, 6) is -1.14. The highest BCUT2D eigenvalue weighted by molar-refractivity contribution is 5.78. The van der Waals surface area contributed by atoms with Gasteiger partial charge in [0.05, 0.1) is 11.2 Å². The molecule has 114 valence electrons. The van der Waals surface area contributed by atoms with Crippen molar-refractivity contribution in [1.82, 2.24) is 0 Å². The maximum atomic E-state index is 14.2. The van der Waals surface area contributed by atoms with Gasteiger partial charge in [0.1, 0.15) is 11.6 Å². The van der Waals surface area contributed by atoms with Gasteiger partial charge in [-0.15, -0.1) is 0 Å². The first-order chi connectivity index (χ1) is 10.7. The molecular weight excluding hydrogens is 284 g/mol. The fourth-order valence-corrected chi connectivity index (χ4v) is 3.44. The van der Waals surface area contributed by atoms with E-state index in [9.17, 15) is 13.6 Å². The molecule has 1 aliphatic carbocycles. The van der Waals surface area contributed by atoms with Crippen molar-refractivity contribution in [3.63, 3.8) is 0 Å². The molecule has 1 amide bonds. The van der Waals surface area contributed by atoms with Crippen LogP contribution < -0.4 is 4.90 Å². The SMILES string of the molecule is O=CN(c1cc(F)ccc1F)C1(c2ccccc2)CCCC1. The van der Waals surface area contributed by atoms with E-state index in [2.05, 4.69) is 0 Å². The number of anilines is 1. The Hall–Kier alpha value is -2.23. The summed E-state index contributed by atoms with van der Waals surface area (Å²) in [6.45, 7) is 0. The van der Waals surface area contributed by atoms with Crippen LogP contribution >= 0.6 is 0 Å². The summed E-state index contributed by atoms with van der Waals surface area (Å²) in [4.78, 5) is 13.1. The molecule has 0 atom stereocenters. The minimum Gasteiger partial charge on any atom is -0.302 e. The van der Waals surface area contributed by atoms with Crippen molar-refractivity contribution < 1.29 is 13.6 Å².